The number of hydrogen-bond acceptors (Lipinski definition) is 4. The van der Waals surface area contributed by atoms with Gasteiger partial charge in [0.15, 0.2) is 0 Å². The van der Waals surface area contributed by atoms with E-state index in [0.29, 0.717) is 0 Å². The molecule has 0 aromatic heterocycles. The van der Waals surface area contributed by atoms with Gasteiger partial charge in [-0.3, -0.25) is 4.79 Å². The largest absolute Gasteiger partial charge is 0.393 e. The van der Waals surface area contributed by atoms with Crippen molar-refractivity contribution < 1.29 is 18.8 Å². The van der Waals surface area contributed by atoms with Crippen LogP contribution in [0.15, 0.2) is 0 Å². The molecule has 1 unspecified atom stereocenters. The van der Waals surface area contributed by atoms with Crippen molar-refractivity contribution in [2.75, 3.05) is 6.54 Å². The van der Waals surface area contributed by atoms with E-state index in [2.05, 4.69) is 4.52 Å². The Morgan fingerprint density at radius 3 is 2.50 bits per heavy atom. The maximum Gasteiger partial charge on any atom is 0.367 e. The van der Waals surface area contributed by atoms with Gasteiger partial charge < -0.3 is 15.2 Å². The topological polar surface area (TPSA) is 89.6 Å². The summed E-state index contributed by atoms with van der Waals surface area (Å²) in [7, 11) is -3.13. The van der Waals surface area contributed by atoms with E-state index >= 15 is 0 Å². The van der Waals surface area contributed by atoms with Gasteiger partial charge in [0.2, 0.25) is 0 Å². The van der Waals surface area contributed by atoms with Gasteiger partial charge in [-0.15, -0.1) is 0 Å². The van der Waals surface area contributed by atoms with Crippen molar-refractivity contribution in [1.29, 1.82) is 0 Å². The van der Waals surface area contributed by atoms with Gasteiger partial charge in [-0.05, 0) is 0 Å². The summed E-state index contributed by atoms with van der Waals surface area (Å²) in [6, 6.07) is 0. The van der Waals surface area contributed by atoms with Crippen LogP contribution in [0.5, 0.6) is 0 Å². The molecule has 0 aliphatic heterocycles. The summed E-state index contributed by atoms with van der Waals surface area (Å²) in [5.74, 6) is -0.864. The SMILES string of the molecule is NCC(=O)O[PH](=O)O. The molecule has 5 nitrogen and oxygen atoms in total. The fourth-order valence-corrected chi connectivity index (χ4v) is 0.417. The van der Waals surface area contributed by atoms with Crippen LogP contribution in [0.3, 0.4) is 0 Å². The van der Waals surface area contributed by atoms with Gasteiger partial charge in [-0.2, -0.15) is 0 Å². The average molecular weight is 139 g/mol. The molecule has 0 saturated heterocycles. The third-order valence-corrected chi connectivity index (χ3v) is 0.770. The number of carbonyl (C=O) groups excluding carboxylic acids is 1. The highest BCUT2D eigenvalue weighted by Gasteiger charge is 1.99. The second-order valence-corrected chi connectivity index (χ2v) is 1.68. The lowest BCUT2D eigenvalue weighted by Gasteiger charge is -1.93. The van der Waals surface area contributed by atoms with Crippen LogP contribution in [0.4, 0.5) is 0 Å². The van der Waals surface area contributed by atoms with E-state index in [-0.39, 0.29) is 6.54 Å². The van der Waals surface area contributed by atoms with Gasteiger partial charge in [0.05, 0.1) is 6.54 Å². The molecule has 0 rings (SSSR count). The van der Waals surface area contributed by atoms with Crippen molar-refractivity contribution in [3.63, 3.8) is 0 Å². The van der Waals surface area contributed by atoms with E-state index < -0.39 is 14.2 Å². The van der Waals surface area contributed by atoms with E-state index in [4.69, 9.17) is 10.6 Å². The number of carbonyl (C=O) groups is 1. The Labute approximate surface area is 46.4 Å². The molecule has 48 valence electrons. The standard InChI is InChI=1S/C2H6NO4P/c3-1-2(4)7-8(5)6/h8H,1,3H2,(H,5,6). The maximum absolute atomic E-state index is 9.94. The highest BCUT2D eigenvalue weighted by atomic mass is 31.1. The smallest absolute Gasteiger partial charge is 0.367 e. The maximum atomic E-state index is 9.94. The summed E-state index contributed by atoms with van der Waals surface area (Å²) in [5, 5.41) is 0. The lowest BCUT2D eigenvalue weighted by Crippen LogP contribution is -2.13. The summed E-state index contributed by atoms with van der Waals surface area (Å²) in [6.45, 7) is -0.364. The molecule has 0 spiro atoms. The zero-order valence-electron chi connectivity index (χ0n) is 3.96. The van der Waals surface area contributed by atoms with E-state index in [9.17, 15) is 9.36 Å². The summed E-state index contributed by atoms with van der Waals surface area (Å²) < 4.78 is 13.4. The highest BCUT2D eigenvalue weighted by molar-refractivity contribution is 7.32. The van der Waals surface area contributed by atoms with Crippen molar-refractivity contribution in [2.45, 2.75) is 0 Å². The van der Waals surface area contributed by atoms with Gasteiger partial charge in [-0.1, -0.05) is 0 Å². The van der Waals surface area contributed by atoms with Crippen molar-refractivity contribution >= 4 is 14.2 Å². The molecule has 0 aliphatic carbocycles. The Bertz CT molecular complexity index is 113. The minimum atomic E-state index is -3.13. The predicted octanol–water partition coefficient (Wildman–Crippen LogP) is -1.13. The quantitative estimate of drug-likeness (QED) is 0.472. The number of hydrogen-bond donors (Lipinski definition) is 2. The molecule has 0 saturated carbocycles. The molecule has 0 fully saturated rings. The van der Waals surface area contributed by atoms with Gasteiger partial charge in [-0.25, -0.2) is 4.57 Å². The Balaban J connectivity index is 3.40. The molecule has 0 aromatic carbocycles. The Hall–Kier alpha value is -0.380. The summed E-state index contributed by atoms with van der Waals surface area (Å²) in [5.41, 5.74) is 4.71. The molecule has 3 N–H and O–H groups in total. The van der Waals surface area contributed by atoms with E-state index in [1.54, 1.807) is 0 Å². The minimum absolute atomic E-state index is 0.364. The second-order valence-electron chi connectivity index (χ2n) is 0.944. The minimum Gasteiger partial charge on any atom is -0.393 e. The Kier molecular flexibility index (Phi) is 3.43. The van der Waals surface area contributed by atoms with Crippen LogP contribution in [0, 0.1) is 0 Å². The Morgan fingerprint density at radius 2 is 2.38 bits per heavy atom. The van der Waals surface area contributed by atoms with E-state index in [1.807, 2.05) is 0 Å². The van der Waals surface area contributed by atoms with Crippen LogP contribution in [-0.2, 0) is 13.9 Å². The summed E-state index contributed by atoms with van der Waals surface area (Å²) >= 11 is 0. The van der Waals surface area contributed by atoms with Gasteiger partial charge in [0, 0.05) is 0 Å². The molecule has 0 aliphatic rings. The summed E-state index contributed by atoms with van der Waals surface area (Å²) in [6.07, 6.45) is 0. The first kappa shape index (κ1) is 7.62. The van der Waals surface area contributed by atoms with Crippen LogP contribution in [0.1, 0.15) is 0 Å². The molecule has 0 aromatic rings. The third-order valence-electron chi connectivity index (χ3n) is 0.368. The monoisotopic (exact) mass is 139 g/mol. The molecular formula is C2H6NO4P. The van der Waals surface area contributed by atoms with Crippen molar-refractivity contribution in [3.05, 3.63) is 0 Å². The molecule has 0 amide bonds. The predicted molar refractivity (Wildman–Crippen MR) is 26.4 cm³/mol. The van der Waals surface area contributed by atoms with E-state index in [0.717, 1.165) is 0 Å². The fraction of sp³-hybridized carbons (Fsp3) is 0.500. The van der Waals surface area contributed by atoms with Crippen molar-refractivity contribution in [1.82, 2.24) is 0 Å². The highest BCUT2D eigenvalue weighted by Crippen LogP contribution is 2.13. The molecule has 6 heteroatoms. The zero-order valence-corrected chi connectivity index (χ0v) is 4.96. The number of rotatable bonds is 2. The molecule has 0 heterocycles. The Morgan fingerprint density at radius 1 is 1.88 bits per heavy atom. The number of nitrogens with two attached hydrogens (primary N) is 1. The molecule has 1 atom stereocenters. The van der Waals surface area contributed by atoms with Crippen molar-refractivity contribution in [2.24, 2.45) is 5.73 Å². The van der Waals surface area contributed by atoms with Crippen LogP contribution < -0.4 is 5.73 Å². The fourth-order valence-electron chi connectivity index (χ4n) is 0.139. The van der Waals surface area contributed by atoms with Crippen LogP contribution in [-0.4, -0.2) is 17.4 Å². The third kappa shape index (κ3) is 3.80. The lowest BCUT2D eigenvalue weighted by atomic mass is 10.7. The van der Waals surface area contributed by atoms with Crippen LogP contribution >= 0.6 is 8.25 Å². The normalized spacial score (nSPS) is 12.8. The van der Waals surface area contributed by atoms with Crippen molar-refractivity contribution in [3.8, 4) is 0 Å². The second kappa shape index (κ2) is 3.60. The first-order valence-electron chi connectivity index (χ1n) is 1.80. The van der Waals surface area contributed by atoms with Gasteiger partial charge in [0.1, 0.15) is 0 Å². The molecule has 0 radical (unpaired) electrons. The first-order chi connectivity index (χ1) is 3.66. The molecule has 8 heavy (non-hydrogen) atoms. The lowest BCUT2D eigenvalue weighted by molar-refractivity contribution is -0.132. The molecular weight excluding hydrogens is 133 g/mol. The summed E-state index contributed by atoms with van der Waals surface area (Å²) in [4.78, 5) is 17.8. The van der Waals surface area contributed by atoms with E-state index in [1.165, 1.54) is 0 Å². The average Bonchev–Trinajstić information content (AvgIpc) is 1.65. The molecule has 0 bridgehead atoms. The first-order valence-corrected chi connectivity index (χ1v) is 3.07. The zero-order chi connectivity index (χ0) is 6.57. The van der Waals surface area contributed by atoms with Gasteiger partial charge >= 0.3 is 14.2 Å². The van der Waals surface area contributed by atoms with Gasteiger partial charge in [0.25, 0.3) is 0 Å². The van der Waals surface area contributed by atoms with Crippen LogP contribution in [0.25, 0.3) is 0 Å². The van der Waals surface area contributed by atoms with Crippen LogP contribution in [0.2, 0.25) is 0 Å².